The zero-order valence-electron chi connectivity index (χ0n) is 12.3. The molecule has 0 aliphatic carbocycles. The zero-order valence-corrected chi connectivity index (χ0v) is 12.3. The number of nitrogens with one attached hydrogen (secondary N) is 2. The Morgan fingerprint density at radius 1 is 1.21 bits per heavy atom. The first-order valence-electron chi connectivity index (χ1n) is 7.45. The van der Waals surface area contributed by atoms with Crippen LogP contribution in [0.2, 0.25) is 0 Å². The fourth-order valence-electron chi connectivity index (χ4n) is 2.58. The molecule has 0 atom stereocenters. The quantitative estimate of drug-likeness (QED) is 0.763. The normalized spacial score (nSPS) is 16.7. The predicted octanol–water partition coefficient (Wildman–Crippen LogP) is 1.69. The van der Waals surface area contributed by atoms with Crippen LogP contribution in [0.25, 0.3) is 0 Å². The summed E-state index contributed by atoms with van der Waals surface area (Å²) in [7, 11) is 0. The van der Waals surface area contributed by atoms with Crippen LogP contribution in [0, 0.1) is 13.8 Å². The van der Waals surface area contributed by atoms with Gasteiger partial charge in [0.15, 0.2) is 0 Å². The van der Waals surface area contributed by atoms with Crippen molar-refractivity contribution in [1.82, 2.24) is 15.5 Å². The van der Waals surface area contributed by atoms with E-state index in [4.69, 9.17) is 0 Å². The number of benzene rings is 1. The third-order valence-corrected chi connectivity index (χ3v) is 3.86. The van der Waals surface area contributed by atoms with Gasteiger partial charge in [-0.1, -0.05) is 23.8 Å². The summed E-state index contributed by atoms with van der Waals surface area (Å²) in [4.78, 5) is 2.55. The molecule has 2 N–H and O–H groups in total. The molecule has 0 aromatic heterocycles. The van der Waals surface area contributed by atoms with Crippen molar-refractivity contribution in [3.05, 3.63) is 34.9 Å². The molecule has 1 fully saturated rings. The van der Waals surface area contributed by atoms with E-state index in [-0.39, 0.29) is 0 Å². The first kappa shape index (κ1) is 14.5. The summed E-state index contributed by atoms with van der Waals surface area (Å²) in [6, 6.07) is 6.69. The number of hydrogen-bond donors (Lipinski definition) is 2. The van der Waals surface area contributed by atoms with Gasteiger partial charge in [0, 0.05) is 32.7 Å². The molecule has 19 heavy (non-hydrogen) atoms. The van der Waals surface area contributed by atoms with Crippen molar-refractivity contribution in [3.63, 3.8) is 0 Å². The van der Waals surface area contributed by atoms with Gasteiger partial charge in [-0.3, -0.25) is 0 Å². The van der Waals surface area contributed by atoms with Gasteiger partial charge in [-0.05, 0) is 44.5 Å². The molecular formula is C16H27N3. The van der Waals surface area contributed by atoms with Gasteiger partial charge in [-0.15, -0.1) is 0 Å². The van der Waals surface area contributed by atoms with E-state index < -0.39 is 0 Å². The minimum atomic E-state index is 0.995. The maximum absolute atomic E-state index is 3.57. The van der Waals surface area contributed by atoms with Crippen LogP contribution in [0.4, 0.5) is 0 Å². The van der Waals surface area contributed by atoms with Crippen molar-refractivity contribution in [2.24, 2.45) is 0 Å². The second-order valence-electron chi connectivity index (χ2n) is 5.55. The lowest BCUT2D eigenvalue weighted by molar-refractivity contribution is 0.237. The van der Waals surface area contributed by atoms with E-state index in [0.29, 0.717) is 0 Å². The van der Waals surface area contributed by atoms with Crippen LogP contribution in [-0.4, -0.2) is 44.2 Å². The molecule has 1 aliphatic rings. The average molecular weight is 261 g/mol. The summed E-state index contributed by atoms with van der Waals surface area (Å²) in [5, 5.41) is 6.96. The first-order chi connectivity index (χ1) is 9.25. The van der Waals surface area contributed by atoms with Crippen molar-refractivity contribution in [2.75, 3.05) is 39.3 Å². The highest BCUT2D eigenvalue weighted by molar-refractivity contribution is 5.30. The third-order valence-electron chi connectivity index (χ3n) is 3.86. The lowest BCUT2D eigenvalue weighted by atomic mass is 10.1. The van der Waals surface area contributed by atoms with Gasteiger partial charge in [0.25, 0.3) is 0 Å². The Balaban J connectivity index is 1.62. The largest absolute Gasteiger partial charge is 0.314 e. The van der Waals surface area contributed by atoms with E-state index in [9.17, 15) is 0 Å². The highest BCUT2D eigenvalue weighted by Crippen LogP contribution is 2.10. The second-order valence-corrected chi connectivity index (χ2v) is 5.55. The van der Waals surface area contributed by atoms with Gasteiger partial charge in [0.2, 0.25) is 0 Å². The average Bonchev–Trinajstić information content (AvgIpc) is 2.43. The summed E-state index contributed by atoms with van der Waals surface area (Å²) in [6.45, 7) is 12.4. The number of piperazine rings is 1. The van der Waals surface area contributed by atoms with Crippen molar-refractivity contribution in [2.45, 2.75) is 26.8 Å². The Morgan fingerprint density at radius 3 is 2.79 bits per heavy atom. The van der Waals surface area contributed by atoms with Crippen LogP contribution in [0.5, 0.6) is 0 Å². The predicted molar refractivity (Wildman–Crippen MR) is 81.5 cm³/mol. The lowest BCUT2D eigenvalue weighted by Crippen LogP contribution is -2.44. The molecule has 3 heteroatoms. The molecule has 0 bridgehead atoms. The van der Waals surface area contributed by atoms with Crippen LogP contribution in [0.15, 0.2) is 18.2 Å². The third kappa shape index (κ3) is 4.94. The Bertz CT molecular complexity index is 384. The maximum atomic E-state index is 3.57. The van der Waals surface area contributed by atoms with Gasteiger partial charge < -0.3 is 15.5 Å². The molecule has 3 nitrogen and oxygen atoms in total. The Labute approximate surface area is 117 Å². The summed E-state index contributed by atoms with van der Waals surface area (Å²) in [6.07, 6.45) is 1.24. The van der Waals surface area contributed by atoms with Gasteiger partial charge in [-0.25, -0.2) is 0 Å². The number of aryl methyl sites for hydroxylation is 2. The van der Waals surface area contributed by atoms with E-state index in [2.05, 4.69) is 47.6 Å². The van der Waals surface area contributed by atoms with E-state index in [1.165, 1.54) is 42.7 Å². The van der Waals surface area contributed by atoms with E-state index >= 15 is 0 Å². The van der Waals surface area contributed by atoms with Crippen LogP contribution in [0.3, 0.4) is 0 Å². The lowest BCUT2D eigenvalue weighted by Gasteiger charge is -2.27. The standard InChI is InChI=1S/C16H27N3/c1-14-4-5-15(2)16(12-14)13-18-6-3-9-19-10-7-17-8-11-19/h4-5,12,17-18H,3,6-11,13H2,1-2H3. The first-order valence-corrected chi connectivity index (χ1v) is 7.45. The van der Waals surface area contributed by atoms with Gasteiger partial charge in [0.05, 0.1) is 0 Å². The monoisotopic (exact) mass is 261 g/mol. The van der Waals surface area contributed by atoms with Crippen molar-refractivity contribution < 1.29 is 0 Å². The maximum Gasteiger partial charge on any atom is 0.0208 e. The van der Waals surface area contributed by atoms with Gasteiger partial charge in [0.1, 0.15) is 0 Å². The second kappa shape index (κ2) is 7.63. The molecule has 1 aromatic carbocycles. The fourth-order valence-corrected chi connectivity index (χ4v) is 2.58. The van der Waals surface area contributed by atoms with Crippen LogP contribution < -0.4 is 10.6 Å². The van der Waals surface area contributed by atoms with Crippen LogP contribution in [0.1, 0.15) is 23.1 Å². The zero-order chi connectivity index (χ0) is 13.5. The highest BCUT2D eigenvalue weighted by atomic mass is 15.2. The Hall–Kier alpha value is -0.900. The number of nitrogens with zero attached hydrogens (tertiary/aromatic N) is 1. The Morgan fingerprint density at radius 2 is 2.00 bits per heavy atom. The highest BCUT2D eigenvalue weighted by Gasteiger charge is 2.08. The van der Waals surface area contributed by atoms with Crippen LogP contribution >= 0.6 is 0 Å². The molecule has 2 rings (SSSR count). The molecule has 0 saturated carbocycles. The minimum Gasteiger partial charge on any atom is -0.314 e. The molecular weight excluding hydrogens is 234 g/mol. The molecule has 1 aliphatic heterocycles. The molecule has 0 radical (unpaired) electrons. The number of rotatable bonds is 6. The fraction of sp³-hybridized carbons (Fsp3) is 0.625. The van der Waals surface area contributed by atoms with Crippen molar-refractivity contribution in [3.8, 4) is 0 Å². The molecule has 1 saturated heterocycles. The molecule has 0 spiro atoms. The summed E-state index contributed by atoms with van der Waals surface area (Å²) >= 11 is 0. The molecule has 1 heterocycles. The Kier molecular flexibility index (Phi) is 5.83. The summed E-state index contributed by atoms with van der Waals surface area (Å²) in [5.74, 6) is 0. The SMILES string of the molecule is Cc1ccc(C)c(CNCCCN2CCNCC2)c1. The van der Waals surface area contributed by atoms with Crippen LogP contribution in [-0.2, 0) is 6.54 Å². The topological polar surface area (TPSA) is 27.3 Å². The molecule has 0 unspecified atom stereocenters. The molecule has 106 valence electrons. The summed E-state index contributed by atoms with van der Waals surface area (Å²) < 4.78 is 0. The van der Waals surface area contributed by atoms with E-state index in [1.54, 1.807) is 0 Å². The minimum absolute atomic E-state index is 0.995. The van der Waals surface area contributed by atoms with Crippen molar-refractivity contribution >= 4 is 0 Å². The molecule has 1 aromatic rings. The van der Waals surface area contributed by atoms with Gasteiger partial charge >= 0.3 is 0 Å². The summed E-state index contributed by atoms with van der Waals surface area (Å²) in [5.41, 5.74) is 4.17. The van der Waals surface area contributed by atoms with E-state index in [0.717, 1.165) is 26.2 Å². The number of hydrogen-bond acceptors (Lipinski definition) is 3. The smallest absolute Gasteiger partial charge is 0.0208 e. The molecule has 0 amide bonds. The van der Waals surface area contributed by atoms with E-state index in [1.807, 2.05) is 0 Å². The van der Waals surface area contributed by atoms with Crippen molar-refractivity contribution in [1.29, 1.82) is 0 Å². The van der Waals surface area contributed by atoms with Gasteiger partial charge in [-0.2, -0.15) is 0 Å².